The Hall–Kier alpha value is -1.33. The number of fused-ring (bicyclic) bond motifs is 1. The van der Waals surface area contributed by atoms with E-state index >= 15 is 0 Å². The standard InChI is InChI=1S/C8H5Cl2N3O2/c9-3-6-8(13(14)15)12-4-5(10)1-2-7(12)11-6/h1-2,4H,3H2. The molecule has 78 valence electrons. The highest BCUT2D eigenvalue weighted by Crippen LogP contribution is 2.23. The molecular weight excluding hydrogens is 241 g/mol. The number of pyridine rings is 1. The van der Waals surface area contributed by atoms with Gasteiger partial charge in [-0.05, 0) is 11.0 Å². The summed E-state index contributed by atoms with van der Waals surface area (Å²) in [6.45, 7) is 0. The average molecular weight is 246 g/mol. The molecule has 5 nitrogen and oxygen atoms in total. The first-order chi connectivity index (χ1) is 7.13. The molecule has 0 unspecified atom stereocenters. The van der Waals surface area contributed by atoms with Gasteiger partial charge in [0.15, 0.2) is 5.69 Å². The average Bonchev–Trinajstić information content (AvgIpc) is 2.55. The topological polar surface area (TPSA) is 60.4 Å². The maximum absolute atomic E-state index is 10.8. The zero-order chi connectivity index (χ0) is 11.0. The number of nitro groups is 1. The number of nitrogens with zero attached hydrogens (tertiary/aromatic N) is 3. The summed E-state index contributed by atoms with van der Waals surface area (Å²) in [5.74, 6) is -0.141. The Kier molecular flexibility index (Phi) is 2.50. The van der Waals surface area contributed by atoms with E-state index < -0.39 is 4.92 Å². The maximum atomic E-state index is 10.8. The lowest BCUT2D eigenvalue weighted by Gasteiger charge is -1.94. The summed E-state index contributed by atoms with van der Waals surface area (Å²) in [7, 11) is 0. The lowest BCUT2D eigenvalue weighted by molar-refractivity contribution is -0.391. The van der Waals surface area contributed by atoms with Crippen molar-refractivity contribution >= 4 is 34.7 Å². The van der Waals surface area contributed by atoms with Crippen LogP contribution in [-0.2, 0) is 5.88 Å². The van der Waals surface area contributed by atoms with Crippen molar-refractivity contribution in [3.05, 3.63) is 39.2 Å². The Morgan fingerprint density at radius 2 is 2.27 bits per heavy atom. The van der Waals surface area contributed by atoms with E-state index in [0.29, 0.717) is 10.7 Å². The van der Waals surface area contributed by atoms with E-state index in [1.165, 1.54) is 10.6 Å². The number of aromatic nitrogens is 2. The van der Waals surface area contributed by atoms with E-state index in [1.54, 1.807) is 12.1 Å². The van der Waals surface area contributed by atoms with Crippen molar-refractivity contribution in [1.82, 2.24) is 9.38 Å². The molecule has 0 bridgehead atoms. The monoisotopic (exact) mass is 245 g/mol. The van der Waals surface area contributed by atoms with Gasteiger partial charge in [-0.3, -0.25) is 0 Å². The Morgan fingerprint density at radius 1 is 1.53 bits per heavy atom. The van der Waals surface area contributed by atoms with Gasteiger partial charge < -0.3 is 10.1 Å². The third kappa shape index (κ3) is 1.64. The fourth-order valence-electron chi connectivity index (χ4n) is 1.34. The molecular formula is C8H5Cl2N3O2. The molecule has 0 amide bonds. The molecule has 0 aliphatic rings. The van der Waals surface area contributed by atoms with Crippen LogP contribution >= 0.6 is 23.2 Å². The van der Waals surface area contributed by atoms with E-state index in [9.17, 15) is 10.1 Å². The SMILES string of the molecule is O=[N+]([O-])c1c(CCl)nc2ccc(Cl)cn12. The smallest absolute Gasteiger partial charge is 0.352 e. The second kappa shape index (κ2) is 3.67. The van der Waals surface area contributed by atoms with Crippen LogP contribution in [0.5, 0.6) is 0 Å². The van der Waals surface area contributed by atoms with Crippen LogP contribution in [0.15, 0.2) is 18.3 Å². The van der Waals surface area contributed by atoms with Crippen LogP contribution in [0, 0.1) is 10.1 Å². The summed E-state index contributed by atoms with van der Waals surface area (Å²) in [4.78, 5) is 14.3. The molecule has 2 rings (SSSR count). The fraction of sp³-hybridized carbons (Fsp3) is 0.125. The zero-order valence-electron chi connectivity index (χ0n) is 7.35. The molecule has 0 aliphatic carbocycles. The first-order valence-corrected chi connectivity index (χ1v) is 4.91. The second-order valence-electron chi connectivity index (χ2n) is 2.85. The molecule has 15 heavy (non-hydrogen) atoms. The Balaban J connectivity index is 2.82. The van der Waals surface area contributed by atoms with E-state index in [-0.39, 0.29) is 17.4 Å². The summed E-state index contributed by atoms with van der Waals surface area (Å²) in [5.41, 5.74) is 0.700. The van der Waals surface area contributed by atoms with Gasteiger partial charge in [0.1, 0.15) is 6.20 Å². The minimum atomic E-state index is -0.520. The lowest BCUT2D eigenvalue weighted by Crippen LogP contribution is -1.96. The Bertz CT molecular complexity index is 538. The predicted molar refractivity (Wildman–Crippen MR) is 56.4 cm³/mol. The van der Waals surface area contributed by atoms with Crippen molar-refractivity contribution < 1.29 is 4.92 Å². The lowest BCUT2D eigenvalue weighted by atomic mass is 10.5. The molecule has 0 spiro atoms. The highest BCUT2D eigenvalue weighted by atomic mass is 35.5. The van der Waals surface area contributed by atoms with Crippen LogP contribution in [0.1, 0.15) is 5.69 Å². The highest BCUT2D eigenvalue weighted by molar-refractivity contribution is 6.30. The van der Waals surface area contributed by atoms with Gasteiger partial charge in [0.25, 0.3) is 0 Å². The predicted octanol–water partition coefficient (Wildman–Crippen LogP) is 2.63. The maximum Gasteiger partial charge on any atom is 0.352 e. The third-order valence-corrected chi connectivity index (χ3v) is 2.40. The van der Waals surface area contributed by atoms with E-state index in [0.717, 1.165) is 0 Å². The second-order valence-corrected chi connectivity index (χ2v) is 3.55. The first-order valence-electron chi connectivity index (χ1n) is 4.00. The number of hydrogen-bond donors (Lipinski definition) is 0. The molecule has 0 N–H and O–H groups in total. The van der Waals surface area contributed by atoms with E-state index in [4.69, 9.17) is 23.2 Å². The van der Waals surface area contributed by atoms with Crippen molar-refractivity contribution in [2.24, 2.45) is 0 Å². The van der Waals surface area contributed by atoms with Gasteiger partial charge in [-0.15, -0.1) is 11.6 Å². The molecule has 0 saturated carbocycles. The first kappa shape index (κ1) is 10.2. The largest absolute Gasteiger partial charge is 0.358 e. The summed E-state index contributed by atoms with van der Waals surface area (Å²) >= 11 is 11.3. The normalized spacial score (nSPS) is 10.8. The van der Waals surface area contributed by atoms with Crippen LogP contribution in [0.3, 0.4) is 0 Å². The van der Waals surface area contributed by atoms with Crippen LogP contribution < -0.4 is 0 Å². The number of hydrogen-bond acceptors (Lipinski definition) is 3. The quantitative estimate of drug-likeness (QED) is 0.464. The summed E-state index contributed by atoms with van der Waals surface area (Å²) < 4.78 is 1.32. The van der Waals surface area contributed by atoms with Crippen LogP contribution in [0.2, 0.25) is 5.02 Å². The summed E-state index contributed by atoms with van der Waals surface area (Å²) in [6.07, 6.45) is 1.44. The van der Waals surface area contributed by atoms with E-state index in [2.05, 4.69) is 4.98 Å². The van der Waals surface area contributed by atoms with Crippen molar-refractivity contribution in [1.29, 1.82) is 0 Å². The van der Waals surface area contributed by atoms with Gasteiger partial charge in [-0.25, -0.2) is 4.98 Å². The Morgan fingerprint density at radius 3 is 2.87 bits per heavy atom. The Labute approximate surface area is 94.4 Å². The zero-order valence-corrected chi connectivity index (χ0v) is 8.87. The number of imidazole rings is 1. The highest BCUT2D eigenvalue weighted by Gasteiger charge is 2.21. The van der Waals surface area contributed by atoms with E-state index in [1.807, 2.05) is 0 Å². The molecule has 0 fully saturated rings. The molecule has 0 aromatic carbocycles. The van der Waals surface area contributed by atoms with Gasteiger partial charge in [0.2, 0.25) is 5.65 Å². The van der Waals surface area contributed by atoms with Gasteiger partial charge >= 0.3 is 5.82 Å². The summed E-state index contributed by atoms with van der Waals surface area (Å²) in [5, 5.41) is 11.2. The number of halogens is 2. The van der Waals surface area contributed by atoms with Gasteiger partial charge in [-0.1, -0.05) is 11.6 Å². The third-order valence-electron chi connectivity index (χ3n) is 1.93. The minimum Gasteiger partial charge on any atom is -0.358 e. The van der Waals surface area contributed by atoms with Crippen LogP contribution in [0.4, 0.5) is 5.82 Å². The van der Waals surface area contributed by atoms with Crippen LogP contribution in [-0.4, -0.2) is 14.3 Å². The molecule has 2 heterocycles. The molecule has 0 aliphatic heterocycles. The van der Waals surface area contributed by atoms with Gasteiger partial charge in [0.05, 0.1) is 10.9 Å². The molecule has 2 aromatic rings. The molecule has 2 aromatic heterocycles. The number of rotatable bonds is 2. The van der Waals surface area contributed by atoms with Gasteiger partial charge in [-0.2, -0.15) is 4.40 Å². The van der Waals surface area contributed by atoms with Crippen LogP contribution in [0.25, 0.3) is 5.65 Å². The minimum absolute atomic E-state index is 0.00435. The molecule has 7 heteroatoms. The van der Waals surface area contributed by atoms with Gasteiger partial charge in [0, 0.05) is 6.07 Å². The molecule has 0 saturated heterocycles. The fourth-order valence-corrected chi connectivity index (χ4v) is 1.68. The van der Waals surface area contributed by atoms with Crippen molar-refractivity contribution in [3.8, 4) is 0 Å². The molecule has 0 radical (unpaired) electrons. The number of alkyl halides is 1. The van der Waals surface area contributed by atoms with Crippen molar-refractivity contribution in [2.75, 3.05) is 0 Å². The summed E-state index contributed by atoms with van der Waals surface area (Å²) in [6, 6.07) is 3.22. The van der Waals surface area contributed by atoms with Crippen molar-refractivity contribution in [3.63, 3.8) is 0 Å². The van der Waals surface area contributed by atoms with Crippen molar-refractivity contribution in [2.45, 2.75) is 5.88 Å². The molecule has 0 atom stereocenters.